The van der Waals surface area contributed by atoms with E-state index in [0.29, 0.717) is 5.92 Å². The predicted octanol–water partition coefficient (Wildman–Crippen LogP) is 3.75. The lowest BCUT2D eigenvalue weighted by Gasteiger charge is -2.33. The monoisotopic (exact) mass is 537 g/mol. The largest absolute Gasteiger partial charge is 0.352 e. The van der Waals surface area contributed by atoms with Crippen LogP contribution in [0.15, 0.2) is 35.6 Å². The quantitative estimate of drug-likeness (QED) is 0.346. The van der Waals surface area contributed by atoms with E-state index in [0.717, 1.165) is 50.8 Å². The van der Waals surface area contributed by atoms with Crippen molar-refractivity contribution in [1.82, 2.24) is 30.3 Å². The molecular formula is C23H36IN7. The highest BCUT2D eigenvalue weighted by Crippen LogP contribution is 2.25. The number of halogens is 1. The van der Waals surface area contributed by atoms with Gasteiger partial charge in [-0.1, -0.05) is 37.1 Å². The van der Waals surface area contributed by atoms with E-state index in [-0.39, 0.29) is 24.0 Å². The van der Waals surface area contributed by atoms with E-state index >= 15 is 0 Å². The van der Waals surface area contributed by atoms with Gasteiger partial charge in [0, 0.05) is 39.1 Å². The molecule has 0 atom stereocenters. The molecule has 8 heteroatoms. The molecule has 1 aromatic carbocycles. The van der Waals surface area contributed by atoms with E-state index in [4.69, 9.17) is 0 Å². The molecule has 2 saturated heterocycles. The number of benzene rings is 1. The third kappa shape index (κ3) is 6.65. The minimum Gasteiger partial charge on any atom is -0.352 e. The van der Waals surface area contributed by atoms with Gasteiger partial charge in [0.05, 0.1) is 0 Å². The first-order valence-corrected chi connectivity index (χ1v) is 11.4. The molecule has 0 unspecified atom stereocenters. The Morgan fingerprint density at radius 1 is 1.06 bits per heavy atom. The van der Waals surface area contributed by atoms with Gasteiger partial charge in [0.15, 0.2) is 5.96 Å². The molecule has 0 amide bonds. The Balaban J connectivity index is 0.00000272. The third-order valence-corrected chi connectivity index (χ3v) is 6.47. The number of aliphatic imine (C=N–C) groups is 1. The summed E-state index contributed by atoms with van der Waals surface area (Å²) in [4.78, 5) is 13.9. The Morgan fingerprint density at radius 2 is 1.77 bits per heavy atom. The average Bonchev–Trinajstić information content (AvgIpc) is 3.21. The van der Waals surface area contributed by atoms with Gasteiger partial charge in [-0.2, -0.15) is 5.10 Å². The molecule has 0 bridgehead atoms. The van der Waals surface area contributed by atoms with Gasteiger partial charge >= 0.3 is 0 Å². The molecule has 31 heavy (non-hydrogen) atoms. The minimum absolute atomic E-state index is 0. The van der Waals surface area contributed by atoms with Crippen LogP contribution in [0.25, 0.3) is 0 Å². The average molecular weight is 537 g/mol. The Labute approximate surface area is 203 Å². The second-order valence-electron chi connectivity index (χ2n) is 8.49. The van der Waals surface area contributed by atoms with Crippen LogP contribution in [0.2, 0.25) is 0 Å². The van der Waals surface area contributed by atoms with Crippen LogP contribution in [-0.4, -0.2) is 64.2 Å². The number of piperidine rings is 1. The van der Waals surface area contributed by atoms with Crippen LogP contribution in [-0.2, 0) is 13.1 Å². The molecule has 0 spiro atoms. The number of H-pyrrole nitrogens is 1. The van der Waals surface area contributed by atoms with Crippen LogP contribution in [0.3, 0.4) is 0 Å². The number of hydrogen-bond acceptors (Lipinski definition) is 4. The van der Waals surface area contributed by atoms with E-state index < -0.39 is 0 Å². The first-order chi connectivity index (χ1) is 14.8. The van der Waals surface area contributed by atoms with Crippen molar-refractivity contribution in [2.24, 2.45) is 4.99 Å². The summed E-state index contributed by atoms with van der Waals surface area (Å²) >= 11 is 0. The Morgan fingerprint density at radius 3 is 2.42 bits per heavy atom. The molecule has 2 aliphatic rings. The maximum atomic E-state index is 4.56. The fourth-order valence-electron chi connectivity index (χ4n) is 4.70. The molecule has 170 valence electrons. The van der Waals surface area contributed by atoms with Crippen molar-refractivity contribution in [1.29, 1.82) is 0 Å². The summed E-state index contributed by atoms with van der Waals surface area (Å²) < 4.78 is 0. The molecule has 3 heterocycles. The zero-order chi connectivity index (χ0) is 20.6. The summed E-state index contributed by atoms with van der Waals surface area (Å²) in [5.74, 6) is 2.48. The SMILES string of the molecule is CN=C(NCc1ccccc1CN1CCCCCC1)N1CCC(c2ncn[nH]2)CC1.I. The number of guanidine groups is 1. The molecule has 0 radical (unpaired) electrons. The number of aromatic amines is 1. The lowest BCUT2D eigenvalue weighted by Crippen LogP contribution is -2.45. The van der Waals surface area contributed by atoms with E-state index in [9.17, 15) is 0 Å². The molecule has 4 rings (SSSR count). The standard InChI is InChI=1S/C23H35N7.HI/c1-24-23(30-14-10-19(11-15-30)22-26-18-27-28-22)25-16-20-8-4-5-9-21(20)17-29-12-6-2-3-7-13-29;/h4-5,8-9,18-19H,2-3,6-7,10-17H2,1H3,(H,24,25)(H,26,27,28);1H. The smallest absolute Gasteiger partial charge is 0.193 e. The van der Waals surface area contributed by atoms with Crippen molar-refractivity contribution >= 4 is 29.9 Å². The van der Waals surface area contributed by atoms with E-state index in [1.54, 1.807) is 6.33 Å². The molecule has 0 saturated carbocycles. The van der Waals surface area contributed by atoms with E-state index in [1.807, 2.05) is 7.05 Å². The van der Waals surface area contributed by atoms with Gasteiger partial charge in [0.25, 0.3) is 0 Å². The molecule has 2 aromatic rings. The van der Waals surface area contributed by atoms with Gasteiger partial charge in [-0.05, 0) is 49.9 Å². The number of aromatic nitrogens is 3. The molecule has 2 aliphatic heterocycles. The molecule has 0 aliphatic carbocycles. The fourth-order valence-corrected chi connectivity index (χ4v) is 4.70. The Bertz CT molecular complexity index is 792. The lowest BCUT2D eigenvalue weighted by atomic mass is 9.96. The fraction of sp³-hybridized carbons (Fsp3) is 0.609. The molecule has 2 fully saturated rings. The maximum absolute atomic E-state index is 4.56. The normalized spacial score (nSPS) is 19.0. The second kappa shape index (κ2) is 12.4. The van der Waals surface area contributed by atoms with Gasteiger partial charge in [-0.15, -0.1) is 24.0 Å². The van der Waals surface area contributed by atoms with E-state index in [1.165, 1.54) is 49.9 Å². The second-order valence-corrected chi connectivity index (χ2v) is 8.49. The number of rotatable bonds is 5. The summed E-state index contributed by atoms with van der Waals surface area (Å²) in [5, 5.41) is 10.6. The number of hydrogen-bond donors (Lipinski definition) is 2. The third-order valence-electron chi connectivity index (χ3n) is 6.47. The first kappa shape index (κ1) is 24.0. The van der Waals surface area contributed by atoms with Crippen molar-refractivity contribution < 1.29 is 0 Å². The van der Waals surface area contributed by atoms with Crippen LogP contribution in [0.4, 0.5) is 0 Å². The zero-order valence-electron chi connectivity index (χ0n) is 18.6. The van der Waals surface area contributed by atoms with Crippen LogP contribution in [0.1, 0.15) is 61.4 Å². The number of nitrogens with zero attached hydrogens (tertiary/aromatic N) is 5. The van der Waals surface area contributed by atoms with E-state index in [2.05, 4.69) is 59.6 Å². The first-order valence-electron chi connectivity index (χ1n) is 11.4. The highest BCUT2D eigenvalue weighted by atomic mass is 127. The summed E-state index contributed by atoms with van der Waals surface area (Å²) in [6.07, 6.45) is 9.16. The Kier molecular flexibility index (Phi) is 9.57. The lowest BCUT2D eigenvalue weighted by molar-refractivity contribution is 0.276. The molecule has 7 nitrogen and oxygen atoms in total. The van der Waals surface area contributed by atoms with Gasteiger partial charge in [0.1, 0.15) is 12.2 Å². The van der Waals surface area contributed by atoms with Crippen molar-refractivity contribution in [2.75, 3.05) is 33.2 Å². The maximum Gasteiger partial charge on any atom is 0.193 e. The highest BCUT2D eigenvalue weighted by Gasteiger charge is 2.24. The molecule has 1 aromatic heterocycles. The van der Waals surface area contributed by atoms with Crippen molar-refractivity contribution in [3.63, 3.8) is 0 Å². The van der Waals surface area contributed by atoms with Crippen molar-refractivity contribution in [3.05, 3.63) is 47.5 Å². The number of likely N-dealkylation sites (tertiary alicyclic amines) is 2. The van der Waals surface area contributed by atoms with Gasteiger partial charge < -0.3 is 10.2 Å². The summed E-state index contributed by atoms with van der Waals surface area (Å²) in [5.41, 5.74) is 2.81. The minimum atomic E-state index is 0. The summed E-state index contributed by atoms with van der Waals surface area (Å²) in [6, 6.07) is 8.85. The van der Waals surface area contributed by atoms with Crippen molar-refractivity contribution in [2.45, 2.75) is 57.5 Å². The van der Waals surface area contributed by atoms with Crippen LogP contribution >= 0.6 is 24.0 Å². The molecule has 2 N–H and O–H groups in total. The predicted molar refractivity (Wildman–Crippen MR) is 136 cm³/mol. The molecular weight excluding hydrogens is 501 g/mol. The van der Waals surface area contributed by atoms with Gasteiger partial charge in [0.2, 0.25) is 0 Å². The summed E-state index contributed by atoms with van der Waals surface area (Å²) in [6.45, 7) is 6.30. The number of nitrogens with one attached hydrogen (secondary N) is 2. The van der Waals surface area contributed by atoms with Crippen LogP contribution in [0, 0.1) is 0 Å². The highest BCUT2D eigenvalue weighted by molar-refractivity contribution is 14.0. The van der Waals surface area contributed by atoms with Crippen molar-refractivity contribution in [3.8, 4) is 0 Å². The van der Waals surface area contributed by atoms with Gasteiger partial charge in [-0.3, -0.25) is 15.0 Å². The topological polar surface area (TPSA) is 72.4 Å². The van der Waals surface area contributed by atoms with Crippen LogP contribution < -0.4 is 5.32 Å². The zero-order valence-corrected chi connectivity index (χ0v) is 20.9. The van der Waals surface area contributed by atoms with Gasteiger partial charge in [-0.25, -0.2) is 4.98 Å². The van der Waals surface area contributed by atoms with Crippen LogP contribution in [0.5, 0.6) is 0 Å². The Hall–Kier alpha value is -1.68. The summed E-state index contributed by atoms with van der Waals surface area (Å²) in [7, 11) is 1.88.